The van der Waals surface area contributed by atoms with Gasteiger partial charge in [-0.1, -0.05) is 0 Å². The predicted octanol–water partition coefficient (Wildman–Crippen LogP) is 1.28. The van der Waals surface area contributed by atoms with Gasteiger partial charge in [0.05, 0.1) is 5.39 Å². The van der Waals surface area contributed by atoms with E-state index < -0.39 is 15.5 Å². The zero-order valence-corrected chi connectivity index (χ0v) is 18.9. The largest absolute Gasteiger partial charge is 0.353 e. The fourth-order valence-electron chi connectivity index (χ4n) is 3.72. The highest BCUT2D eigenvalue weighted by Gasteiger charge is 2.27. The molecule has 4 heterocycles. The standard InChI is InChI=1S/C19H24N6O3S2/c1-12-9-24(10-13(2)21-12)16-6-5-14-17(26)15(30(27,28)23(3)4)11-25(18(14)22-16)19-20-7-8-29-19/h5-8,11-13,21H,9-10H2,1-4H3. The van der Waals surface area contributed by atoms with Crippen LogP contribution in [0.15, 0.2) is 39.6 Å². The third-order valence-electron chi connectivity index (χ3n) is 5.07. The Balaban J connectivity index is 1.96. The summed E-state index contributed by atoms with van der Waals surface area (Å²) in [4.78, 5) is 24.0. The SMILES string of the molecule is CC1CN(c2ccc3c(=O)c(S(=O)(=O)N(C)C)cn(-c4nccs4)c3n2)CC(C)N1. The third kappa shape index (κ3) is 3.62. The van der Waals surface area contributed by atoms with Gasteiger partial charge >= 0.3 is 0 Å². The van der Waals surface area contributed by atoms with Crippen LogP contribution in [0.25, 0.3) is 16.2 Å². The van der Waals surface area contributed by atoms with Crippen LogP contribution in [0, 0.1) is 0 Å². The van der Waals surface area contributed by atoms with E-state index in [2.05, 4.69) is 29.0 Å². The molecule has 2 atom stereocenters. The first-order valence-electron chi connectivity index (χ1n) is 9.58. The van der Waals surface area contributed by atoms with Gasteiger partial charge in [-0.2, -0.15) is 0 Å². The van der Waals surface area contributed by atoms with E-state index >= 15 is 0 Å². The Kier molecular flexibility index (Phi) is 5.39. The van der Waals surface area contributed by atoms with Gasteiger partial charge in [0.1, 0.15) is 10.7 Å². The van der Waals surface area contributed by atoms with Crippen molar-refractivity contribution in [3.8, 4) is 5.13 Å². The molecule has 1 fully saturated rings. The minimum Gasteiger partial charge on any atom is -0.353 e. The Bertz CT molecular complexity index is 1230. The van der Waals surface area contributed by atoms with Crippen molar-refractivity contribution in [2.24, 2.45) is 0 Å². The molecular formula is C19H24N6O3S2. The number of thiazole rings is 1. The van der Waals surface area contributed by atoms with Gasteiger partial charge in [-0.15, -0.1) is 11.3 Å². The molecule has 0 spiro atoms. The van der Waals surface area contributed by atoms with Gasteiger partial charge in [-0.3, -0.25) is 9.36 Å². The minimum absolute atomic E-state index is 0.244. The minimum atomic E-state index is -3.93. The lowest BCUT2D eigenvalue weighted by atomic mass is 10.1. The smallest absolute Gasteiger partial charge is 0.247 e. The van der Waals surface area contributed by atoms with Crippen LogP contribution in [-0.4, -0.2) is 66.5 Å². The lowest BCUT2D eigenvalue weighted by Gasteiger charge is -2.37. The van der Waals surface area contributed by atoms with E-state index in [9.17, 15) is 13.2 Å². The van der Waals surface area contributed by atoms with Gasteiger partial charge in [-0.05, 0) is 26.0 Å². The molecule has 0 bridgehead atoms. The van der Waals surface area contributed by atoms with Crippen molar-refractivity contribution in [3.63, 3.8) is 0 Å². The van der Waals surface area contributed by atoms with Crippen LogP contribution in [0.3, 0.4) is 0 Å². The summed E-state index contributed by atoms with van der Waals surface area (Å²) in [5.74, 6) is 0.746. The highest BCUT2D eigenvalue weighted by Crippen LogP contribution is 2.24. The summed E-state index contributed by atoms with van der Waals surface area (Å²) in [5, 5.41) is 6.07. The molecule has 1 aliphatic heterocycles. The molecule has 0 aliphatic carbocycles. The maximum absolute atomic E-state index is 13.1. The van der Waals surface area contributed by atoms with Crippen LogP contribution < -0.4 is 15.6 Å². The molecule has 1 N–H and O–H groups in total. The normalized spacial score (nSPS) is 20.2. The molecule has 0 radical (unpaired) electrons. The number of rotatable bonds is 4. The summed E-state index contributed by atoms with van der Waals surface area (Å²) in [6.07, 6.45) is 2.96. The Morgan fingerprint density at radius 2 is 1.90 bits per heavy atom. The third-order valence-corrected chi connectivity index (χ3v) is 7.65. The molecule has 1 saturated heterocycles. The second-order valence-electron chi connectivity index (χ2n) is 7.71. The number of piperazine rings is 1. The van der Waals surface area contributed by atoms with Crippen molar-refractivity contribution in [1.29, 1.82) is 0 Å². The average Bonchev–Trinajstić information content (AvgIpc) is 3.21. The number of anilines is 1. The molecule has 0 saturated carbocycles. The highest BCUT2D eigenvalue weighted by atomic mass is 32.2. The second kappa shape index (κ2) is 7.73. The van der Waals surface area contributed by atoms with Crippen molar-refractivity contribution >= 4 is 38.2 Å². The first-order chi connectivity index (χ1) is 14.2. The van der Waals surface area contributed by atoms with E-state index in [0.717, 1.165) is 23.2 Å². The number of pyridine rings is 2. The quantitative estimate of drug-likeness (QED) is 0.642. The van der Waals surface area contributed by atoms with Gasteiger partial charge < -0.3 is 10.2 Å². The van der Waals surface area contributed by atoms with E-state index in [4.69, 9.17) is 4.98 Å². The van der Waals surface area contributed by atoms with Crippen molar-refractivity contribution < 1.29 is 8.42 Å². The van der Waals surface area contributed by atoms with Gasteiger partial charge in [0.15, 0.2) is 10.8 Å². The van der Waals surface area contributed by atoms with Crippen LogP contribution in [-0.2, 0) is 10.0 Å². The van der Waals surface area contributed by atoms with Crippen LogP contribution in [0.2, 0.25) is 0 Å². The Labute approximate surface area is 179 Å². The van der Waals surface area contributed by atoms with Gasteiger partial charge in [0.2, 0.25) is 15.5 Å². The molecule has 3 aromatic heterocycles. The molecule has 4 rings (SSSR count). The van der Waals surface area contributed by atoms with E-state index in [-0.39, 0.29) is 10.3 Å². The lowest BCUT2D eigenvalue weighted by Crippen LogP contribution is -2.54. The van der Waals surface area contributed by atoms with Crippen molar-refractivity contribution in [2.45, 2.75) is 30.8 Å². The fourth-order valence-corrected chi connectivity index (χ4v) is 5.31. The summed E-state index contributed by atoms with van der Waals surface area (Å²) in [6.45, 7) is 5.82. The second-order valence-corrected chi connectivity index (χ2v) is 10.7. The number of hydrogen-bond donors (Lipinski definition) is 1. The number of nitrogens with zero attached hydrogens (tertiary/aromatic N) is 5. The van der Waals surface area contributed by atoms with E-state index in [1.54, 1.807) is 28.3 Å². The molecule has 11 heteroatoms. The van der Waals surface area contributed by atoms with Crippen LogP contribution >= 0.6 is 11.3 Å². The Morgan fingerprint density at radius 3 is 2.50 bits per heavy atom. The maximum atomic E-state index is 13.1. The van der Waals surface area contributed by atoms with E-state index in [1.807, 2.05) is 0 Å². The highest BCUT2D eigenvalue weighted by molar-refractivity contribution is 7.89. The van der Waals surface area contributed by atoms with E-state index in [1.165, 1.54) is 31.6 Å². The monoisotopic (exact) mass is 448 g/mol. The molecular weight excluding hydrogens is 424 g/mol. The molecule has 9 nitrogen and oxygen atoms in total. The Morgan fingerprint density at radius 1 is 1.20 bits per heavy atom. The van der Waals surface area contributed by atoms with Gasteiger partial charge in [0.25, 0.3) is 0 Å². The summed E-state index contributed by atoms with van der Waals surface area (Å²) in [5.41, 5.74) is -0.170. The van der Waals surface area contributed by atoms with E-state index in [0.29, 0.717) is 22.9 Å². The molecule has 160 valence electrons. The number of nitrogens with one attached hydrogen (secondary N) is 1. The number of aromatic nitrogens is 3. The van der Waals surface area contributed by atoms with Gasteiger partial charge in [-0.25, -0.2) is 22.7 Å². The molecule has 0 aromatic carbocycles. The lowest BCUT2D eigenvalue weighted by molar-refractivity contribution is 0.405. The number of hydrogen-bond acceptors (Lipinski definition) is 8. The molecule has 0 amide bonds. The zero-order chi connectivity index (χ0) is 21.6. The first kappa shape index (κ1) is 20.9. The van der Waals surface area contributed by atoms with Gasteiger partial charge in [0, 0.05) is 57.0 Å². The summed E-state index contributed by atoms with van der Waals surface area (Å²) < 4.78 is 28.2. The maximum Gasteiger partial charge on any atom is 0.247 e. The molecule has 1 aliphatic rings. The summed E-state index contributed by atoms with van der Waals surface area (Å²) in [6, 6.07) is 4.06. The number of fused-ring (bicyclic) bond motifs is 1. The van der Waals surface area contributed by atoms with Crippen molar-refractivity contribution in [1.82, 2.24) is 24.2 Å². The number of sulfonamides is 1. The first-order valence-corrected chi connectivity index (χ1v) is 11.9. The predicted molar refractivity (Wildman–Crippen MR) is 118 cm³/mol. The average molecular weight is 449 g/mol. The molecule has 2 unspecified atom stereocenters. The fraction of sp³-hybridized carbons (Fsp3) is 0.421. The zero-order valence-electron chi connectivity index (χ0n) is 17.2. The summed E-state index contributed by atoms with van der Waals surface area (Å²) >= 11 is 1.34. The van der Waals surface area contributed by atoms with Crippen LogP contribution in [0.1, 0.15) is 13.8 Å². The molecule has 3 aromatic rings. The topological polar surface area (TPSA) is 100 Å². The van der Waals surface area contributed by atoms with Crippen LogP contribution in [0.4, 0.5) is 5.82 Å². The molecule has 30 heavy (non-hydrogen) atoms. The van der Waals surface area contributed by atoms with Crippen molar-refractivity contribution in [3.05, 3.63) is 40.1 Å². The van der Waals surface area contributed by atoms with Crippen molar-refractivity contribution in [2.75, 3.05) is 32.1 Å². The Hall–Kier alpha value is -2.34. The van der Waals surface area contributed by atoms with Crippen LogP contribution in [0.5, 0.6) is 0 Å². The summed E-state index contributed by atoms with van der Waals surface area (Å²) in [7, 11) is -1.12.